The number of carbonyl (C=O) groups is 1. The van der Waals surface area contributed by atoms with Crippen molar-refractivity contribution in [2.24, 2.45) is 10.2 Å². The lowest BCUT2D eigenvalue weighted by Gasteiger charge is -1.78. The van der Waals surface area contributed by atoms with Crippen molar-refractivity contribution >= 4 is 5.91 Å². The third kappa shape index (κ3) is 0.578. The Balaban J connectivity index is 2.88. The molecule has 0 saturated carbocycles. The van der Waals surface area contributed by atoms with Crippen molar-refractivity contribution < 1.29 is 4.79 Å². The zero-order valence-corrected chi connectivity index (χ0v) is 4.16. The van der Waals surface area contributed by atoms with E-state index in [-0.39, 0.29) is 5.91 Å². The standard InChI is InChI=1S/C5H4N2O/c1-2-4-3-6-7-5(4)8/h2-3H,1H2. The Morgan fingerprint density at radius 3 is 2.75 bits per heavy atom. The predicted molar refractivity (Wildman–Crippen MR) is 28.1 cm³/mol. The smallest absolute Gasteiger partial charge is 0.265 e. The van der Waals surface area contributed by atoms with Gasteiger partial charge in [-0.2, -0.15) is 5.11 Å². The van der Waals surface area contributed by atoms with Gasteiger partial charge >= 0.3 is 0 Å². The Kier molecular flexibility index (Phi) is 1.04. The average Bonchev–Trinajstić information content (AvgIpc) is 2.14. The highest BCUT2D eigenvalue weighted by Gasteiger charge is 2.07. The van der Waals surface area contributed by atoms with E-state index in [1.54, 1.807) is 0 Å². The van der Waals surface area contributed by atoms with Crippen molar-refractivity contribution in [3.8, 4) is 0 Å². The van der Waals surface area contributed by atoms with Gasteiger partial charge in [0.25, 0.3) is 5.91 Å². The molecule has 0 saturated heterocycles. The Morgan fingerprint density at radius 1 is 1.75 bits per heavy atom. The highest BCUT2D eigenvalue weighted by Crippen LogP contribution is 2.06. The second-order valence-electron chi connectivity index (χ2n) is 1.31. The first kappa shape index (κ1) is 4.90. The molecule has 1 rings (SSSR count). The largest absolute Gasteiger partial charge is 0.296 e. The average molecular weight is 108 g/mol. The number of amides is 1. The minimum Gasteiger partial charge on any atom is -0.265 e. The summed E-state index contributed by atoms with van der Waals surface area (Å²) in [7, 11) is 0. The highest BCUT2D eigenvalue weighted by atomic mass is 16.2. The molecule has 1 heterocycles. The van der Waals surface area contributed by atoms with Crippen molar-refractivity contribution in [2.75, 3.05) is 0 Å². The van der Waals surface area contributed by atoms with E-state index >= 15 is 0 Å². The summed E-state index contributed by atoms with van der Waals surface area (Å²) in [5, 5.41) is 6.57. The minimum absolute atomic E-state index is 0.306. The van der Waals surface area contributed by atoms with Gasteiger partial charge in [-0.3, -0.25) is 4.79 Å². The zero-order valence-electron chi connectivity index (χ0n) is 4.16. The van der Waals surface area contributed by atoms with Crippen molar-refractivity contribution in [2.45, 2.75) is 0 Å². The lowest BCUT2D eigenvalue weighted by Crippen LogP contribution is -1.87. The number of hydrogen-bond acceptors (Lipinski definition) is 2. The van der Waals surface area contributed by atoms with Crippen molar-refractivity contribution in [3.05, 3.63) is 24.4 Å². The van der Waals surface area contributed by atoms with Crippen LogP contribution in [0, 0.1) is 0 Å². The molecule has 0 atom stereocenters. The number of carbonyl (C=O) groups excluding carboxylic acids is 1. The van der Waals surface area contributed by atoms with Gasteiger partial charge in [0, 0.05) is 0 Å². The Labute approximate surface area is 46.4 Å². The molecule has 3 heteroatoms. The van der Waals surface area contributed by atoms with Gasteiger partial charge in [0.15, 0.2) is 0 Å². The molecule has 40 valence electrons. The third-order valence-electron chi connectivity index (χ3n) is 0.812. The topological polar surface area (TPSA) is 41.8 Å². The molecule has 0 N–H and O–H groups in total. The van der Waals surface area contributed by atoms with Crippen LogP contribution in [0.5, 0.6) is 0 Å². The molecule has 0 aliphatic carbocycles. The summed E-state index contributed by atoms with van der Waals surface area (Å²) in [4.78, 5) is 10.4. The molecule has 0 radical (unpaired) electrons. The summed E-state index contributed by atoms with van der Waals surface area (Å²) in [6.45, 7) is 3.38. The summed E-state index contributed by atoms with van der Waals surface area (Å²) in [6, 6.07) is 0. The predicted octanol–water partition coefficient (Wildman–Crippen LogP) is 1.05. The van der Waals surface area contributed by atoms with Gasteiger partial charge in [0.1, 0.15) is 0 Å². The molecule has 0 bridgehead atoms. The highest BCUT2D eigenvalue weighted by molar-refractivity contribution is 5.97. The molecule has 0 aromatic carbocycles. The molecule has 0 spiro atoms. The van der Waals surface area contributed by atoms with Crippen LogP contribution < -0.4 is 0 Å². The van der Waals surface area contributed by atoms with Crippen molar-refractivity contribution in [3.63, 3.8) is 0 Å². The van der Waals surface area contributed by atoms with Crippen LogP contribution in [-0.4, -0.2) is 5.91 Å². The molecule has 1 aliphatic heterocycles. The van der Waals surface area contributed by atoms with Gasteiger partial charge < -0.3 is 0 Å². The molecule has 0 unspecified atom stereocenters. The van der Waals surface area contributed by atoms with Crippen molar-refractivity contribution in [1.82, 2.24) is 0 Å². The Morgan fingerprint density at radius 2 is 2.50 bits per heavy atom. The lowest BCUT2D eigenvalue weighted by atomic mass is 10.3. The lowest BCUT2D eigenvalue weighted by molar-refractivity contribution is -0.114. The van der Waals surface area contributed by atoms with E-state index in [0.717, 1.165) is 0 Å². The van der Waals surface area contributed by atoms with Crippen LogP contribution in [-0.2, 0) is 4.79 Å². The van der Waals surface area contributed by atoms with E-state index < -0.39 is 0 Å². The van der Waals surface area contributed by atoms with E-state index in [9.17, 15) is 4.79 Å². The van der Waals surface area contributed by atoms with E-state index in [2.05, 4.69) is 16.8 Å². The summed E-state index contributed by atoms with van der Waals surface area (Å²) in [5.41, 5.74) is 0.463. The first-order chi connectivity index (χ1) is 3.84. The molecular weight excluding hydrogens is 104 g/mol. The van der Waals surface area contributed by atoms with Gasteiger partial charge in [0.05, 0.1) is 11.8 Å². The fourth-order valence-electron chi connectivity index (χ4n) is 0.396. The number of hydrogen-bond donors (Lipinski definition) is 0. The first-order valence-corrected chi connectivity index (χ1v) is 2.12. The Bertz CT molecular complexity index is 191. The summed E-state index contributed by atoms with van der Waals surface area (Å²) >= 11 is 0. The van der Waals surface area contributed by atoms with Crippen LogP contribution in [0.1, 0.15) is 0 Å². The maximum atomic E-state index is 10.4. The SMILES string of the molecule is C=CC1=CN=NC1=O. The molecule has 0 aromatic heterocycles. The summed E-state index contributed by atoms with van der Waals surface area (Å²) in [6.07, 6.45) is 2.82. The quantitative estimate of drug-likeness (QED) is 0.495. The van der Waals surface area contributed by atoms with Gasteiger partial charge in [-0.1, -0.05) is 12.7 Å². The van der Waals surface area contributed by atoms with Crippen LogP contribution in [0.3, 0.4) is 0 Å². The van der Waals surface area contributed by atoms with Crippen LogP contribution in [0.2, 0.25) is 0 Å². The van der Waals surface area contributed by atoms with E-state index in [1.807, 2.05) is 0 Å². The zero-order chi connectivity index (χ0) is 5.98. The number of azo groups is 1. The first-order valence-electron chi connectivity index (χ1n) is 2.12. The maximum absolute atomic E-state index is 10.4. The molecule has 0 aromatic rings. The molecule has 0 fully saturated rings. The molecule has 3 nitrogen and oxygen atoms in total. The Hall–Kier alpha value is -1.25. The van der Waals surface area contributed by atoms with Gasteiger partial charge in [-0.15, -0.1) is 5.11 Å². The van der Waals surface area contributed by atoms with E-state index in [0.29, 0.717) is 5.57 Å². The summed E-state index contributed by atoms with van der Waals surface area (Å²) < 4.78 is 0. The van der Waals surface area contributed by atoms with Crippen LogP contribution in [0.4, 0.5) is 0 Å². The monoisotopic (exact) mass is 108 g/mol. The van der Waals surface area contributed by atoms with Crippen molar-refractivity contribution in [1.29, 1.82) is 0 Å². The molecule has 8 heavy (non-hydrogen) atoms. The van der Waals surface area contributed by atoms with E-state index in [4.69, 9.17) is 0 Å². The normalized spacial score (nSPS) is 16.5. The van der Waals surface area contributed by atoms with Crippen LogP contribution in [0.25, 0.3) is 0 Å². The molecule has 1 aliphatic rings. The van der Waals surface area contributed by atoms with Crippen LogP contribution >= 0.6 is 0 Å². The van der Waals surface area contributed by atoms with Crippen LogP contribution in [0.15, 0.2) is 34.7 Å². The van der Waals surface area contributed by atoms with Gasteiger partial charge in [0.2, 0.25) is 0 Å². The fourth-order valence-corrected chi connectivity index (χ4v) is 0.396. The number of nitrogens with zero attached hydrogens (tertiary/aromatic N) is 2. The number of rotatable bonds is 1. The maximum Gasteiger partial charge on any atom is 0.296 e. The third-order valence-corrected chi connectivity index (χ3v) is 0.812. The summed E-state index contributed by atoms with van der Waals surface area (Å²) in [5.74, 6) is -0.306. The van der Waals surface area contributed by atoms with E-state index in [1.165, 1.54) is 12.3 Å². The minimum atomic E-state index is -0.306. The second-order valence-corrected chi connectivity index (χ2v) is 1.31. The molecular formula is C5H4N2O. The second kappa shape index (κ2) is 1.69. The van der Waals surface area contributed by atoms with Gasteiger partial charge in [-0.05, 0) is 0 Å². The fraction of sp³-hybridized carbons (Fsp3) is 0. The molecule has 1 amide bonds. The van der Waals surface area contributed by atoms with Gasteiger partial charge in [-0.25, -0.2) is 0 Å².